The molecule has 0 heterocycles. The monoisotopic (exact) mass is 283 g/mol. The lowest BCUT2D eigenvalue weighted by molar-refractivity contribution is -0.144. The second-order valence-electron chi connectivity index (χ2n) is 6.07. The third-order valence-corrected chi connectivity index (χ3v) is 4.73. The molecule has 2 aliphatic carbocycles. The van der Waals surface area contributed by atoms with E-state index in [1.54, 1.807) is 7.11 Å². The molecule has 0 aromatic carbocycles. The minimum atomic E-state index is -0.769. The zero-order chi connectivity index (χ0) is 14.5. The van der Waals surface area contributed by atoms with Gasteiger partial charge in [-0.2, -0.15) is 0 Å². The topological polar surface area (TPSA) is 75.6 Å². The molecule has 20 heavy (non-hydrogen) atoms. The number of hydrogen-bond acceptors (Lipinski definition) is 3. The van der Waals surface area contributed by atoms with Gasteiger partial charge in [-0.3, -0.25) is 9.59 Å². The molecule has 0 radical (unpaired) electrons. The van der Waals surface area contributed by atoms with Crippen molar-refractivity contribution in [3.05, 3.63) is 0 Å². The molecule has 114 valence electrons. The summed E-state index contributed by atoms with van der Waals surface area (Å²) in [5.41, 5.74) is 0. The first-order chi connectivity index (χ1) is 9.61. The van der Waals surface area contributed by atoms with Gasteiger partial charge >= 0.3 is 5.97 Å². The van der Waals surface area contributed by atoms with Crippen LogP contribution in [0.1, 0.15) is 51.4 Å². The van der Waals surface area contributed by atoms with E-state index in [0.29, 0.717) is 12.8 Å². The number of carboxylic acids is 1. The first-order valence-corrected chi connectivity index (χ1v) is 7.67. The Kier molecular flexibility index (Phi) is 5.40. The number of aliphatic carboxylic acids is 1. The van der Waals surface area contributed by atoms with Gasteiger partial charge in [-0.15, -0.1) is 0 Å². The molecule has 2 aliphatic rings. The van der Waals surface area contributed by atoms with Crippen molar-refractivity contribution in [3.63, 3.8) is 0 Å². The Hall–Kier alpha value is -1.10. The zero-order valence-electron chi connectivity index (χ0n) is 12.1. The number of carboxylic acid groups (broad SMARTS) is 1. The van der Waals surface area contributed by atoms with Crippen LogP contribution in [0.25, 0.3) is 0 Å². The highest BCUT2D eigenvalue weighted by molar-refractivity contribution is 5.80. The van der Waals surface area contributed by atoms with Crippen molar-refractivity contribution in [2.45, 2.75) is 63.5 Å². The lowest BCUT2D eigenvalue weighted by Crippen LogP contribution is -2.48. The Bertz CT molecular complexity index is 358. The number of carbonyl (C=O) groups is 2. The van der Waals surface area contributed by atoms with E-state index in [0.717, 1.165) is 38.5 Å². The van der Waals surface area contributed by atoms with Gasteiger partial charge in [0.1, 0.15) is 0 Å². The van der Waals surface area contributed by atoms with E-state index >= 15 is 0 Å². The van der Waals surface area contributed by atoms with Crippen molar-refractivity contribution >= 4 is 11.9 Å². The predicted octanol–water partition coefficient (Wildman–Crippen LogP) is 1.95. The van der Waals surface area contributed by atoms with Crippen LogP contribution < -0.4 is 5.32 Å². The Balaban J connectivity index is 1.88. The quantitative estimate of drug-likeness (QED) is 0.827. The summed E-state index contributed by atoms with van der Waals surface area (Å²) in [6.07, 6.45) is 7.13. The fourth-order valence-corrected chi connectivity index (χ4v) is 3.50. The van der Waals surface area contributed by atoms with Crippen molar-refractivity contribution in [2.24, 2.45) is 11.8 Å². The molecule has 2 fully saturated rings. The van der Waals surface area contributed by atoms with Crippen molar-refractivity contribution in [3.8, 4) is 0 Å². The normalized spacial score (nSPS) is 34.5. The standard InChI is InChI=1S/C15H25NO4/c1-20-13-8-3-2-7-12(13)16-14(17)10-5-4-6-11(9-10)15(18)19/h10-13H,2-9H2,1H3,(H,16,17)(H,18,19)/t10?,11?,12-,13-/m0/s1. The molecule has 0 spiro atoms. The Morgan fingerprint density at radius 1 is 1.05 bits per heavy atom. The highest BCUT2D eigenvalue weighted by atomic mass is 16.5. The average molecular weight is 283 g/mol. The van der Waals surface area contributed by atoms with Crippen molar-refractivity contribution in [1.29, 1.82) is 0 Å². The zero-order valence-corrected chi connectivity index (χ0v) is 12.1. The second kappa shape index (κ2) is 7.07. The number of ether oxygens (including phenoxy) is 1. The van der Waals surface area contributed by atoms with E-state index in [1.165, 1.54) is 0 Å². The minimum Gasteiger partial charge on any atom is -0.481 e. The summed E-state index contributed by atoms with van der Waals surface area (Å²) < 4.78 is 5.44. The molecule has 2 unspecified atom stereocenters. The smallest absolute Gasteiger partial charge is 0.306 e. The summed E-state index contributed by atoms with van der Waals surface area (Å²) in [7, 11) is 1.69. The number of rotatable bonds is 4. The van der Waals surface area contributed by atoms with Crippen LogP contribution >= 0.6 is 0 Å². The van der Waals surface area contributed by atoms with Gasteiger partial charge < -0.3 is 15.2 Å². The number of nitrogens with one attached hydrogen (secondary N) is 1. The lowest BCUT2D eigenvalue weighted by atomic mass is 9.80. The molecule has 2 saturated carbocycles. The molecule has 0 aliphatic heterocycles. The summed E-state index contributed by atoms with van der Waals surface area (Å²) in [5.74, 6) is -1.26. The van der Waals surface area contributed by atoms with Crippen LogP contribution in [-0.4, -0.2) is 36.2 Å². The maximum Gasteiger partial charge on any atom is 0.306 e. The molecule has 2 rings (SSSR count). The summed E-state index contributed by atoms with van der Waals surface area (Å²) in [4.78, 5) is 23.4. The Labute approximate surface area is 120 Å². The number of methoxy groups -OCH3 is 1. The van der Waals surface area contributed by atoms with Gasteiger partial charge in [0.2, 0.25) is 5.91 Å². The number of carbonyl (C=O) groups excluding carboxylic acids is 1. The second-order valence-corrected chi connectivity index (χ2v) is 6.07. The van der Waals surface area contributed by atoms with E-state index in [1.807, 2.05) is 0 Å². The largest absolute Gasteiger partial charge is 0.481 e. The third-order valence-electron chi connectivity index (χ3n) is 4.73. The van der Waals surface area contributed by atoms with Gasteiger partial charge in [0, 0.05) is 13.0 Å². The molecule has 5 heteroatoms. The first kappa shape index (κ1) is 15.3. The molecular formula is C15H25NO4. The molecule has 0 bridgehead atoms. The molecule has 1 amide bonds. The molecule has 5 nitrogen and oxygen atoms in total. The molecule has 2 N–H and O–H groups in total. The van der Waals surface area contributed by atoms with Crippen molar-refractivity contribution < 1.29 is 19.4 Å². The fraction of sp³-hybridized carbons (Fsp3) is 0.867. The summed E-state index contributed by atoms with van der Waals surface area (Å²) in [5, 5.41) is 12.2. The third kappa shape index (κ3) is 3.72. The van der Waals surface area contributed by atoms with E-state index in [9.17, 15) is 9.59 Å². The van der Waals surface area contributed by atoms with Gasteiger partial charge in [0.25, 0.3) is 0 Å². The van der Waals surface area contributed by atoms with Crippen molar-refractivity contribution in [1.82, 2.24) is 5.32 Å². The van der Waals surface area contributed by atoms with E-state index in [4.69, 9.17) is 9.84 Å². The number of hydrogen-bond donors (Lipinski definition) is 2. The minimum absolute atomic E-state index is 0.0184. The maximum atomic E-state index is 12.3. The number of amides is 1. The lowest BCUT2D eigenvalue weighted by Gasteiger charge is -2.33. The van der Waals surface area contributed by atoms with E-state index in [-0.39, 0.29) is 29.9 Å². The highest BCUT2D eigenvalue weighted by Gasteiger charge is 2.33. The van der Waals surface area contributed by atoms with Crippen molar-refractivity contribution in [2.75, 3.05) is 7.11 Å². The van der Waals surface area contributed by atoms with Gasteiger partial charge in [-0.05, 0) is 32.1 Å². The van der Waals surface area contributed by atoms with E-state index in [2.05, 4.69) is 5.32 Å². The first-order valence-electron chi connectivity index (χ1n) is 7.67. The van der Waals surface area contributed by atoms with Gasteiger partial charge in [-0.25, -0.2) is 0 Å². The highest BCUT2D eigenvalue weighted by Crippen LogP contribution is 2.30. The van der Waals surface area contributed by atoms with Crippen LogP contribution in [0, 0.1) is 11.8 Å². The molecular weight excluding hydrogens is 258 g/mol. The molecule has 4 atom stereocenters. The van der Waals surface area contributed by atoms with Crippen LogP contribution in [0.5, 0.6) is 0 Å². The summed E-state index contributed by atoms with van der Waals surface area (Å²) in [6, 6.07) is 0.0893. The van der Waals surface area contributed by atoms with Crippen LogP contribution in [0.3, 0.4) is 0 Å². The summed E-state index contributed by atoms with van der Waals surface area (Å²) in [6.45, 7) is 0. The van der Waals surface area contributed by atoms with Gasteiger partial charge in [0.05, 0.1) is 18.1 Å². The van der Waals surface area contributed by atoms with Gasteiger partial charge in [-0.1, -0.05) is 19.3 Å². The molecule has 0 aromatic rings. The van der Waals surface area contributed by atoms with Crippen LogP contribution in [-0.2, 0) is 14.3 Å². The predicted molar refractivity (Wildman–Crippen MR) is 74.3 cm³/mol. The average Bonchev–Trinajstić information content (AvgIpc) is 2.48. The molecule has 0 aromatic heterocycles. The van der Waals surface area contributed by atoms with Crippen LogP contribution in [0.15, 0.2) is 0 Å². The van der Waals surface area contributed by atoms with E-state index < -0.39 is 5.97 Å². The van der Waals surface area contributed by atoms with Crippen LogP contribution in [0.4, 0.5) is 0 Å². The Morgan fingerprint density at radius 3 is 2.45 bits per heavy atom. The maximum absolute atomic E-state index is 12.3. The molecule has 0 saturated heterocycles. The summed E-state index contributed by atoms with van der Waals surface area (Å²) >= 11 is 0. The fourth-order valence-electron chi connectivity index (χ4n) is 3.50. The Morgan fingerprint density at radius 2 is 1.75 bits per heavy atom. The van der Waals surface area contributed by atoms with Gasteiger partial charge in [0.15, 0.2) is 0 Å². The van der Waals surface area contributed by atoms with Crippen LogP contribution in [0.2, 0.25) is 0 Å². The SMILES string of the molecule is CO[C@H]1CCCC[C@@H]1NC(=O)C1CCCC(C(=O)O)C1.